The van der Waals surface area contributed by atoms with Crippen molar-refractivity contribution >= 4 is 33.2 Å². The number of rotatable bonds is 5. The van der Waals surface area contributed by atoms with Crippen LogP contribution in [0.5, 0.6) is 0 Å². The number of carbonyl (C=O) groups excluding carboxylic acids is 1. The van der Waals surface area contributed by atoms with Crippen molar-refractivity contribution in [2.75, 3.05) is 31.2 Å². The normalized spacial score (nSPS) is 23.4. The fourth-order valence-electron chi connectivity index (χ4n) is 5.72. The van der Waals surface area contributed by atoms with E-state index in [1.54, 1.807) is 6.07 Å². The van der Waals surface area contributed by atoms with Gasteiger partial charge in [0, 0.05) is 36.8 Å². The number of aromatic nitrogens is 2. The Kier molecular flexibility index (Phi) is 6.11. The summed E-state index contributed by atoms with van der Waals surface area (Å²) in [6, 6.07) is 1.38. The molecule has 5 rings (SSSR count). The van der Waals surface area contributed by atoms with Crippen LogP contribution in [0.3, 0.4) is 0 Å². The molecule has 0 unspecified atom stereocenters. The molecular weight excluding hydrogens is 515 g/mol. The third kappa shape index (κ3) is 4.08. The van der Waals surface area contributed by atoms with Crippen LogP contribution >= 0.6 is 11.3 Å². The van der Waals surface area contributed by atoms with Gasteiger partial charge in [0.1, 0.15) is 5.56 Å². The molecule has 8 nitrogen and oxygen atoms in total. The van der Waals surface area contributed by atoms with Gasteiger partial charge in [-0.1, -0.05) is 13.8 Å². The topological polar surface area (TPSA) is 95.5 Å². The Morgan fingerprint density at radius 1 is 1.22 bits per heavy atom. The largest absolute Gasteiger partial charge is 0.420 e. The van der Waals surface area contributed by atoms with E-state index in [4.69, 9.17) is 0 Å². The number of halogens is 3. The van der Waals surface area contributed by atoms with Crippen molar-refractivity contribution in [1.82, 2.24) is 19.2 Å². The minimum atomic E-state index is -4.66. The number of hydrogen-bond acceptors (Lipinski definition) is 7. The van der Waals surface area contributed by atoms with Gasteiger partial charge in [0.2, 0.25) is 16.0 Å². The van der Waals surface area contributed by atoms with Crippen LogP contribution in [0.4, 0.5) is 19.1 Å². The number of anilines is 1. The minimum Gasteiger partial charge on any atom is -0.351 e. The lowest BCUT2D eigenvalue weighted by molar-refractivity contribution is -0.137. The van der Waals surface area contributed by atoms with E-state index in [-0.39, 0.29) is 29.5 Å². The van der Waals surface area contributed by atoms with E-state index < -0.39 is 27.3 Å². The lowest BCUT2D eigenvalue weighted by Crippen LogP contribution is -2.42. The highest BCUT2D eigenvalue weighted by atomic mass is 32.2. The Labute approximate surface area is 212 Å². The molecule has 13 heteroatoms. The maximum atomic E-state index is 13.9. The zero-order valence-corrected chi connectivity index (χ0v) is 21.9. The van der Waals surface area contributed by atoms with Crippen molar-refractivity contribution in [3.63, 3.8) is 0 Å². The Hall–Kier alpha value is -2.25. The van der Waals surface area contributed by atoms with Gasteiger partial charge in [-0.2, -0.15) is 13.2 Å². The molecule has 0 bridgehead atoms. The molecule has 2 aromatic heterocycles. The van der Waals surface area contributed by atoms with Gasteiger partial charge < -0.3 is 10.2 Å². The SMILES string of the molecule is CC(C)[C@@]12CCCN1C(=O)c1cc(-c3nc(NC4CCN(S(C)(=O)=O)CC4)ncc3C(F)(F)F)sc12. The van der Waals surface area contributed by atoms with E-state index in [1.165, 1.54) is 15.6 Å². The van der Waals surface area contributed by atoms with E-state index >= 15 is 0 Å². The molecule has 0 saturated carbocycles. The predicted molar refractivity (Wildman–Crippen MR) is 130 cm³/mol. The molecule has 2 aromatic rings. The highest BCUT2D eigenvalue weighted by Gasteiger charge is 2.55. The number of alkyl halides is 3. The maximum absolute atomic E-state index is 13.9. The Morgan fingerprint density at radius 3 is 2.53 bits per heavy atom. The lowest BCUT2D eigenvalue weighted by atomic mass is 9.83. The first-order chi connectivity index (χ1) is 16.8. The third-order valence-electron chi connectivity index (χ3n) is 7.56. The fourth-order valence-corrected chi connectivity index (χ4v) is 8.12. The summed E-state index contributed by atoms with van der Waals surface area (Å²) >= 11 is 1.22. The van der Waals surface area contributed by atoms with E-state index in [0.717, 1.165) is 30.2 Å². The number of fused-ring (bicyclic) bond motifs is 3. The molecule has 1 N–H and O–H groups in total. The van der Waals surface area contributed by atoms with Crippen molar-refractivity contribution < 1.29 is 26.4 Å². The summed E-state index contributed by atoms with van der Waals surface area (Å²) in [5.74, 6) is 0.0493. The molecule has 36 heavy (non-hydrogen) atoms. The highest BCUT2D eigenvalue weighted by molar-refractivity contribution is 7.88. The number of hydrogen-bond donors (Lipinski definition) is 1. The van der Waals surface area contributed by atoms with Crippen molar-refractivity contribution in [1.29, 1.82) is 0 Å². The molecule has 5 heterocycles. The summed E-state index contributed by atoms with van der Waals surface area (Å²) in [5.41, 5.74) is -1.20. The lowest BCUT2D eigenvalue weighted by Gasteiger charge is -2.36. The van der Waals surface area contributed by atoms with Crippen LogP contribution in [0.2, 0.25) is 0 Å². The standard InChI is InChI=1S/C23H28F3N5O3S2/c1-13(2)22-7-4-8-31(22)20(32)15-11-17(35-19(15)22)18-16(23(24,25)26)12-27-21(29-18)28-14-5-9-30(10-6-14)36(3,33)34/h11-14H,4-10H2,1-3H3,(H,27,28,29)/t22-/m1/s1. The second-order valence-electron chi connectivity index (χ2n) is 10.0. The molecule has 0 spiro atoms. The number of amides is 1. The molecule has 3 aliphatic rings. The zero-order valence-electron chi connectivity index (χ0n) is 20.2. The van der Waals surface area contributed by atoms with Crippen molar-refractivity contribution in [3.8, 4) is 10.6 Å². The monoisotopic (exact) mass is 543 g/mol. The molecule has 2 fully saturated rings. The van der Waals surface area contributed by atoms with Gasteiger partial charge in [-0.25, -0.2) is 22.7 Å². The number of nitrogens with zero attached hydrogens (tertiary/aromatic N) is 4. The van der Waals surface area contributed by atoms with Crippen LogP contribution in [0.25, 0.3) is 10.6 Å². The molecule has 0 radical (unpaired) electrons. The summed E-state index contributed by atoms with van der Waals surface area (Å²) in [6.07, 6.45) is -0.0976. The van der Waals surface area contributed by atoms with Gasteiger partial charge in [0.15, 0.2) is 0 Å². The van der Waals surface area contributed by atoms with E-state index in [9.17, 15) is 26.4 Å². The Bertz CT molecular complexity index is 1300. The average molecular weight is 544 g/mol. The third-order valence-corrected chi connectivity index (χ3v) is 10.2. The van der Waals surface area contributed by atoms with Gasteiger partial charge in [-0.3, -0.25) is 4.79 Å². The van der Waals surface area contributed by atoms with Gasteiger partial charge in [-0.05, 0) is 37.7 Å². The van der Waals surface area contributed by atoms with Crippen LogP contribution in [-0.4, -0.2) is 65.4 Å². The van der Waals surface area contributed by atoms with Gasteiger partial charge in [0.05, 0.1) is 27.9 Å². The molecule has 2 saturated heterocycles. The second kappa shape index (κ2) is 8.66. The summed E-state index contributed by atoms with van der Waals surface area (Å²) in [7, 11) is -3.29. The quantitative estimate of drug-likeness (QED) is 0.609. The number of carbonyl (C=O) groups is 1. The maximum Gasteiger partial charge on any atom is 0.420 e. The van der Waals surface area contributed by atoms with Crippen LogP contribution in [0.1, 0.15) is 60.3 Å². The van der Waals surface area contributed by atoms with Crippen LogP contribution in [0, 0.1) is 5.92 Å². The van der Waals surface area contributed by atoms with E-state index in [1.807, 2.05) is 18.7 Å². The van der Waals surface area contributed by atoms with Crippen LogP contribution < -0.4 is 5.32 Å². The van der Waals surface area contributed by atoms with Gasteiger partial charge in [-0.15, -0.1) is 11.3 Å². The predicted octanol–water partition coefficient (Wildman–Crippen LogP) is 4.16. The molecular formula is C23H28F3N5O3S2. The first-order valence-electron chi connectivity index (χ1n) is 11.9. The summed E-state index contributed by atoms with van der Waals surface area (Å²) in [6.45, 7) is 5.38. The van der Waals surface area contributed by atoms with Crippen LogP contribution in [-0.2, 0) is 21.7 Å². The molecule has 3 aliphatic heterocycles. The molecule has 0 aromatic carbocycles. The summed E-state index contributed by atoms with van der Waals surface area (Å²) in [4.78, 5) is 24.4. The molecule has 0 aliphatic carbocycles. The van der Waals surface area contributed by atoms with E-state index in [0.29, 0.717) is 42.9 Å². The Balaban J connectivity index is 1.49. The average Bonchev–Trinajstić information content (AvgIpc) is 3.47. The number of nitrogens with one attached hydrogen (secondary N) is 1. The zero-order chi connectivity index (χ0) is 26.0. The van der Waals surface area contributed by atoms with Crippen LogP contribution in [0.15, 0.2) is 12.3 Å². The number of piperidine rings is 1. The highest BCUT2D eigenvalue weighted by Crippen LogP contribution is 2.55. The number of sulfonamides is 1. The molecule has 1 atom stereocenters. The fraction of sp³-hybridized carbons (Fsp3) is 0.609. The molecule has 196 valence electrons. The van der Waals surface area contributed by atoms with Crippen molar-refractivity contribution in [2.24, 2.45) is 5.92 Å². The first-order valence-corrected chi connectivity index (χ1v) is 14.6. The van der Waals surface area contributed by atoms with Crippen molar-refractivity contribution in [3.05, 3.63) is 28.3 Å². The van der Waals surface area contributed by atoms with Gasteiger partial charge in [0.25, 0.3) is 5.91 Å². The second-order valence-corrected chi connectivity index (χ2v) is 13.1. The summed E-state index contributed by atoms with van der Waals surface area (Å²) in [5, 5.41) is 3.08. The molecule has 1 amide bonds. The van der Waals surface area contributed by atoms with Crippen molar-refractivity contribution in [2.45, 2.75) is 57.3 Å². The number of thiophene rings is 1. The smallest absolute Gasteiger partial charge is 0.351 e. The minimum absolute atomic E-state index is 0.0526. The Morgan fingerprint density at radius 2 is 1.92 bits per heavy atom. The summed E-state index contributed by atoms with van der Waals surface area (Å²) < 4.78 is 66.7. The van der Waals surface area contributed by atoms with Gasteiger partial charge >= 0.3 is 6.18 Å². The van der Waals surface area contributed by atoms with E-state index in [2.05, 4.69) is 15.3 Å². The first kappa shape index (κ1) is 25.4.